The van der Waals surface area contributed by atoms with Gasteiger partial charge in [0.1, 0.15) is 5.60 Å². The molecule has 1 aliphatic carbocycles. The smallest absolute Gasteiger partial charge is 0.369 e. The zero-order chi connectivity index (χ0) is 14.4. The van der Waals surface area contributed by atoms with Gasteiger partial charge in [-0.3, -0.25) is 4.79 Å². The molecule has 20 heavy (non-hydrogen) atoms. The molecule has 0 aromatic rings. The van der Waals surface area contributed by atoms with Crippen LogP contribution >= 0.6 is 0 Å². The van der Waals surface area contributed by atoms with E-state index in [1.54, 1.807) is 4.90 Å². The number of fused-ring (bicyclic) bond motifs is 1. The Bertz CT molecular complexity index is 398. The second-order valence-electron chi connectivity index (χ2n) is 6.45. The van der Waals surface area contributed by atoms with E-state index in [2.05, 4.69) is 0 Å². The van der Waals surface area contributed by atoms with Crippen LogP contribution in [-0.4, -0.2) is 42.3 Å². The third-order valence-corrected chi connectivity index (χ3v) is 5.27. The van der Waals surface area contributed by atoms with E-state index in [4.69, 9.17) is 4.74 Å². The van der Waals surface area contributed by atoms with Crippen molar-refractivity contribution in [1.82, 2.24) is 4.90 Å². The van der Waals surface area contributed by atoms with E-state index in [9.17, 15) is 18.0 Å². The van der Waals surface area contributed by atoms with Crippen molar-refractivity contribution >= 4 is 5.91 Å². The number of ether oxygens (including phenoxy) is 1. The van der Waals surface area contributed by atoms with E-state index in [1.807, 2.05) is 0 Å². The Morgan fingerprint density at radius 2 is 1.85 bits per heavy atom. The fourth-order valence-corrected chi connectivity index (χ4v) is 3.99. The van der Waals surface area contributed by atoms with E-state index >= 15 is 0 Å². The van der Waals surface area contributed by atoms with Crippen molar-refractivity contribution in [2.24, 2.45) is 5.41 Å². The highest BCUT2D eigenvalue weighted by Gasteiger charge is 2.64. The molecule has 3 fully saturated rings. The molecule has 1 unspecified atom stereocenters. The van der Waals surface area contributed by atoms with Crippen molar-refractivity contribution in [2.75, 3.05) is 19.7 Å². The standard InChI is InChI=1S/C14H20F3NO2/c15-14(16,17)6-3-11(19)18-8-7-13(10-20-13)12(9-18)4-1-2-5-12/h1-10H2. The van der Waals surface area contributed by atoms with Crippen LogP contribution in [0.4, 0.5) is 13.2 Å². The van der Waals surface area contributed by atoms with Gasteiger partial charge in [0.15, 0.2) is 0 Å². The molecule has 0 aromatic carbocycles. The van der Waals surface area contributed by atoms with Crippen LogP contribution in [0.1, 0.15) is 44.9 Å². The summed E-state index contributed by atoms with van der Waals surface area (Å²) in [5.41, 5.74) is -0.0521. The average Bonchev–Trinajstić information content (AvgIpc) is 3.02. The number of alkyl halides is 3. The third kappa shape index (κ3) is 2.43. The maximum absolute atomic E-state index is 12.2. The van der Waals surface area contributed by atoms with Crippen LogP contribution < -0.4 is 0 Å². The number of hydrogen-bond acceptors (Lipinski definition) is 2. The molecule has 0 bridgehead atoms. The van der Waals surface area contributed by atoms with Gasteiger partial charge in [0.05, 0.1) is 13.0 Å². The lowest BCUT2D eigenvalue weighted by Crippen LogP contribution is -2.54. The molecule has 3 rings (SSSR count). The number of nitrogens with zero attached hydrogens (tertiary/aromatic N) is 1. The molecular formula is C14H20F3NO2. The summed E-state index contributed by atoms with van der Waals surface area (Å²) in [6, 6.07) is 0. The average molecular weight is 291 g/mol. The molecule has 1 saturated carbocycles. The van der Waals surface area contributed by atoms with Gasteiger partial charge in [0.25, 0.3) is 0 Å². The molecule has 1 amide bonds. The van der Waals surface area contributed by atoms with Crippen molar-refractivity contribution in [2.45, 2.75) is 56.7 Å². The number of rotatable bonds is 2. The number of hydrogen-bond donors (Lipinski definition) is 0. The molecule has 2 saturated heterocycles. The van der Waals surface area contributed by atoms with Crippen LogP contribution in [0.5, 0.6) is 0 Å². The highest BCUT2D eigenvalue weighted by molar-refractivity contribution is 5.76. The minimum absolute atomic E-state index is 0.0130. The number of piperidine rings is 1. The Morgan fingerprint density at radius 1 is 1.20 bits per heavy atom. The van der Waals surface area contributed by atoms with Gasteiger partial charge < -0.3 is 9.64 Å². The second-order valence-corrected chi connectivity index (χ2v) is 6.45. The van der Waals surface area contributed by atoms with Crippen molar-refractivity contribution in [3.05, 3.63) is 0 Å². The third-order valence-electron chi connectivity index (χ3n) is 5.27. The normalized spacial score (nSPS) is 32.0. The minimum Gasteiger partial charge on any atom is -0.369 e. The first-order valence-corrected chi connectivity index (χ1v) is 7.34. The first-order chi connectivity index (χ1) is 9.36. The molecule has 114 valence electrons. The topological polar surface area (TPSA) is 32.8 Å². The fraction of sp³-hybridized carbons (Fsp3) is 0.929. The highest BCUT2D eigenvalue weighted by atomic mass is 19.4. The molecule has 6 heteroatoms. The SMILES string of the molecule is O=C(CCC(F)(F)F)N1CCC2(CO2)C2(CCCC2)C1. The quantitative estimate of drug-likeness (QED) is 0.733. The number of epoxide rings is 1. The second kappa shape index (κ2) is 4.61. The Morgan fingerprint density at radius 3 is 2.40 bits per heavy atom. The van der Waals surface area contributed by atoms with Crippen molar-refractivity contribution < 1.29 is 22.7 Å². The summed E-state index contributed by atoms with van der Waals surface area (Å²) in [6.45, 7) is 1.89. The fourth-order valence-electron chi connectivity index (χ4n) is 3.99. The Balaban J connectivity index is 1.63. The van der Waals surface area contributed by atoms with Crippen molar-refractivity contribution in [1.29, 1.82) is 0 Å². The maximum atomic E-state index is 12.2. The molecule has 2 spiro atoms. The van der Waals surface area contributed by atoms with Crippen LogP contribution in [0.2, 0.25) is 0 Å². The van der Waals surface area contributed by atoms with E-state index in [-0.39, 0.29) is 16.9 Å². The predicted molar refractivity (Wildman–Crippen MR) is 66.1 cm³/mol. The molecule has 3 aliphatic rings. The van der Waals surface area contributed by atoms with E-state index in [0.29, 0.717) is 13.1 Å². The number of halogens is 3. The van der Waals surface area contributed by atoms with E-state index < -0.39 is 19.0 Å². The first-order valence-electron chi connectivity index (χ1n) is 7.34. The van der Waals surface area contributed by atoms with Crippen molar-refractivity contribution in [3.8, 4) is 0 Å². The van der Waals surface area contributed by atoms with Crippen LogP contribution in [0.15, 0.2) is 0 Å². The summed E-state index contributed by atoms with van der Waals surface area (Å²) in [7, 11) is 0. The van der Waals surface area contributed by atoms with Crippen LogP contribution in [0, 0.1) is 5.41 Å². The summed E-state index contributed by atoms with van der Waals surface area (Å²) < 4.78 is 42.4. The van der Waals surface area contributed by atoms with E-state index in [0.717, 1.165) is 38.7 Å². The monoisotopic (exact) mass is 291 g/mol. The molecule has 3 nitrogen and oxygen atoms in total. The van der Waals surface area contributed by atoms with E-state index in [1.165, 1.54) is 0 Å². The lowest BCUT2D eigenvalue weighted by Gasteiger charge is -2.45. The molecule has 0 radical (unpaired) electrons. The molecular weight excluding hydrogens is 271 g/mol. The van der Waals surface area contributed by atoms with Crippen LogP contribution in [0.25, 0.3) is 0 Å². The van der Waals surface area contributed by atoms with Gasteiger partial charge in [0, 0.05) is 24.9 Å². The Hall–Kier alpha value is -0.780. The largest absolute Gasteiger partial charge is 0.389 e. The summed E-state index contributed by atoms with van der Waals surface area (Å²) >= 11 is 0. The number of likely N-dealkylation sites (tertiary alicyclic amines) is 1. The molecule has 1 atom stereocenters. The van der Waals surface area contributed by atoms with Crippen LogP contribution in [0.3, 0.4) is 0 Å². The van der Waals surface area contributed by atoms with Gasteiger partial charge in [-0.05, 0) is 19.3 Å². The van der Waals surface area contributed by atoms with Gasteiger partial charge in [-0.15, -0.1) is 0 Å². The molecule has 2 aliphatic heterocycles. The number of carbonyl (C=O) groups excluding carboxylic acids is 1. The minimum atomic E-state index is -4.25. The Kier molecular flexibility index (Phi) is 3.27. The van der Waals surface area contributed by atoms with Gasteiger partial charge in [0.2, 0.25) is 5.91 Å². The predicted octanol–water partition coefficient (Wildman–Crippen LogP) is 2.89. The summed E-state index contributed by atoms with van der Waals surface area (Å²) in [6.07, 6.45) is -0.566. The molecule has 2 heterocycles. The van der Waals surface area contributed by atoms with Gasteiger partial charge >= 0.3 is 6.18 Å². The zero-order valence-corrected chi connectivity index (χ0v) is 11.5. The van der Waals surface area contributed by atoms with Gasteiger partial charge in [-0.1, -0.05) is 12.8 Å². The van der Waals surface area contributed by atoms with Crippen LogP contribution in [-0.2, 0) is 9.53 Å². The summed E-state index contributed by atoms with van der Waals surface area (Å²) in [5, 5.41) is 0. The van der Waals surface area contributed by atoms with Gasteiger partial charge in [-0.2, -0.15) is 13.2 Å². The summed E-state index contributed by atoms with van der Waals surface area (Å²) in [4.78, 5) is 13.6. The zero-order valence-electron chi connectivity index (χ0n) is 11.5. The number of amides is 1. The lowest BCUT2D eigenvalue weighted by atomic mass is 9.69. The first kappa shape index (κ1) is 14.2. The lowest BCUT2D eigenvalue weighted by molar-refractivity contribution is -0.152. The Labute approximate surface area is 116 Å². The van der Waals surface area contributed by atoms with Crippen molar-refractivity contribution in [3.63, 3.8) is 0 Å². The molecule has 0 aromatic heterocycles. The summed E-state index contributed by atoms with van der Waals surface area (Å²) in [5.74, 6) is -0.357. The van der Waals surface area contributed by atoms with Gasteiger partial charge in [-0.25, -0.2) is 0 Å². The maximum Gasteiger partial charge on any atom is 0.389 e. The molecule has 0 N–H and O–H groups in total. The number of carbonyl (C=O) groups is 1. The highest BCUT2D eigenvalue weighted by Crippen LogP contribution is 2.58.